The van der Waals surface area contributed by atoms with Crippen molar-refractivity contribution < 1.29 is 9.90 Å². The molecule has 13 heavy (non-hydrogen) atoms. The molecule has 3 heteroatoms. The lowest BCUT2D eigenvalue weighted by molar-refractivity contribution is -0.132. The average molecular weight is 181 g/mol. The fourth-order valence-electron chi connectivity index (χ4n) is 0.763. The molecule has 0 aromatic carbocycles. The number of nitrogens with one attached hydrogen (secondary N) is 1. The lowest BCUT2D eigenvalue weighted by Gasteiger charge is -2.07. The van der Waals surface area contributed by atoms with E-state index in [1.165, 1.54) is 0 Å². The van der Waals surface area contributed by atoms with E-state index in [0.717, 1.165) is 6.42 Å². The van der Waals surface area contributed by atoms with Crippen LogP contribution in [0.1, 0.15) is 20.3 Å². The molecule has 2 N–H and O–H groups in total. The zero-order chi connectivity index (χ0) is 10.3. The van der Waals surface area contributed by atoms with E-state index in [1.807, 2.05) is 6.92 Å². The monoisotopic (exact) mass is 181 g/mol. The lowest BCUT2D eigenvalue weighted by atomic mass is 10.2. The largest absolute Gasteiger partial charge is 0.478 e. The van der Waals surface area contributed by atoms with E-state index < -0.39 is 5.97 Å². The van der Waals surface area contributed by atoms with Gasteiger partial charge in [-0.25, -0.2) is 4.79 Å². The number of hydrogen-bond donors (Lipinski definition) is 2. The van der Waals surface area contributed by atoms with Gasteiger partial charge in [0.25, 0.3) is 0 Å². The van der Waals surface area contributed by atoms with E-state index >= 15 is 0 Å². The van der Waals surface area contributed by atoms with E-state index in [1.54, 1.807) is 13.0 Å². The quantitative estimate of drug-likeness (QED) is 0.491. The number of carboxylic acid groups (broad SMARTS) is 1. The maximum absolute atomic E-state index is 10.4. The summed E-state index contributed by atoms with van der Waals surface area (Å²) in [5, 5.41) is 11.6. The SMILES string of the molecule is C#CC(CC)NC/C=C(/C)C(=O)O. The van der Waals surface area contributed by atoms with Crippen LogP contribution in [-0.2, 0) is 4.79 Å². The minimum absolute atomic E-state index is 0.0258. The molecule has 0 heterocycles. The first-order chi connectivity index (χ1) is 6.11. The van der Waals surface area contributed by atoms with Crippen LogP contribution in [0.5, 0.6) is 0 Å². The maximum atomic E-state index is 10.4. The Bertz CT molecular complexity index is 238. The number of terminal acetylenes is 1. The Morgan fingerprint density at radius 3 is 2.77 bits per heavy atom. The van der Waals surface area contributed by atoms with Gasteiger partial charge in [0, 0.05) is 12.1 Å². The molecule has 0 rings (SSSR count). The van der Waals surface area contributed by atoms with Crippen molar-refractivity contribution in [2.45, 2.75) is 26.3 Å². The Morgan fingerprint density at radius 2 is 2.38 bits per heavy atom. The molecule has 0 aliphatic rings. The van der Waals surface area contributed by atoms with Gasteiger partial charge < -0.3 is 10.4 Å². The van der Waals surface area contributed by atoms with Crippen molar-refractivity contribution >= 4 is 5.97 Å². The normalized spacial score (nSPS) is 13.5. The third-order valence-electron chi connectivity index (χ3n) is 1.72. The summed E-state index contributed by atoms with van der Waals surface area (Å²) in [6, 6.07) is 0.0258. The number of rotatable bonds is 5. The van der Waals surface area contributed by atoms with Crippen LogP contribution in [0.4, 0.5) is 0 Å². The van der Waals surface area contributed by atoms with Crippen LogP contribution in [-0.4, -0.2) is 23.7 Å². The highest BCUT2D eigenvalue weighted by molar-refractivity contribution is 5.85. The van der Waals surface area contributed by atoms with Gasteiger partial charge in [-0.3, -0.25) is 0 Å². The molecule has 0 aliphatic carbocycles. The van der Waals surface area contributed by atoms with Crippen molar-refractivity contribution in [3.8, 4) is 12.3 Å². The highest BCUT2D eigenvalue weighted by Crippen LogP contribution is 1.92. The van der Waals surface area contributed by atoms with E-state index in [9.17, 15) is 4.79 Å². The Labute approximate surface area is 78.8 Å². The molecule has 0 fully saturated rings. The van der Waals surface area contributed by atoms with E-state index in [4.69, 9.17) is 11.5 Å². The molecule has 0 amide bonds. The van der Waals surface area contributed by atoms with Crippen molar-refractivity contribution in [1.82, 2.24) is 5.32 Å². The minimum atomic E-state index is -0.893. The molecule has 0 saturated heterocycles. The third kappa shape index (κ3) is 5.05. The molecule has 0 bridgehead atoms. The smallest absolute Gasteiger partial charge is 0.330 e. The second kappa shape index (κ2) is 6.27. The summed E-state index contributed by atoms with van der Waals surface area (Å²) in [6.07, 6.45) is 7.67. The molecule has 1 atom stereocenters. The van der Waals surface area contributed by atoms with Crippen LogP contribution < -0.4 is 5.32 Å². The first kappa shape index (κ1) is 11.7. The molecular formula is C10H15NO2. The van der Waals surface area contributed by atoms with Gasteiger partial charge >= 0.3 is 5.97 Å². The summed E-state index contributed by atoms with van der Waals surface area (Å²) in [5.41, 5.74) is 0.333. The molecular weight excluding hydrogens is 166 g/mol. The van der Waals surface area contributed by atoms with Gasteiger partial charge in [-0.1, -0.05) is 18.9 Å². The Kier molecular flexibility index (Phi) is 5.66. The van der Waals surface area contributed by atoms with E-state index in [0.29, 0.717) is 12.1 Å². The van der Waals surface area contributed by atoms with E-state index in [-0.39, 0.29) is 6.04 Å². The fourth-order valence-corrected chi connectivity index (χ4v) is 0.763. The predicted molar refractivity (Wildman–Crippen MR) is 52.3 cm³/mol. The van der Waals surface area contributed by atoms with Crippen molar-refractivity contribution in [1.29, 1.82) is 0 Å². The predicted octanol–water partition coefficient (Wildman–Crippen LogP) is 1.02. The van der Waals surface area contributed by atoms with Gasteiger partial charge in [-0.2, -0.15) is 0 Å². The zero-order valence-corrected chi connectivity index (χ0v) is 8.00. The van der Waals surface area contributed by atoms with Gasteiger partial charge in [-0.05, 0) is 13.3 Å². The number of carboxylic acids is 1. The maximum Gasteiger partial charge on any atom is 0.330 e. The number of aliphatic carboxylic acids is 1. The molecule has 3 nitrogen and oxygen atoms in total. The molecule has 0 saturated carbocycles. The lowest BCUT2D eigenvalue weighted by Crippen LogP contribution is -2.27. The molecule has 0 spiro atoms. The van der Waals surface area contributed by atoms with Gasteiger partial charge in [-0.15, -0.1) is 6.42 Å². The Hall–Kier alpha value is -1.27. The highest BCUT2D eigenvalue weighted by atomic mass is 16.4. The summed E-state index contributed by atoms with van der Waals surface area (Å²) in [6.45, 7) is 4.03. The second-order valence-electron chi connectivity index (χ2n) is 2.73. The first-order valence-corrected chi connectivity index (χ1v) is 4.21. The van der Waals surface area contributed by atoms with Gasteiger partial charge in [0.15, 0.2) is 0 Å². The molecule has 0 aromatic heterocycles. The van der Waals surface area contributed by atoms with Gasteiger partial charge in [0.2, 0.25) is 0 Å². The molecule has 72 valence electrons. The standard InChI is InChI=1S/C10H15NO2/c1-4-9(5-2)11-7-6-8(3)10(12)13/h1,6,9,11H,5,7H2,2-3H3,(H,12,13)/b8-6-. The van der Waals surface area contributed by atoms with Crippen LogP contribution in [0.25, 0.3) is 0 Å². The van der Waals surface area contributed by atoms with Crippen LogP contribution >= 0.6 is 0 Å². The first-order valence-electron chi connectivity index (χ1n) is 4.21. The third-order valence-corrected chi connectivity index (χ3v) is 1.72. The minimum Gasteiger partial charge on any atom is -0.478 e. The summed E-state index contributed by atoms with van der Waals surface area (Å²) in [5.74, 6) is 1.67. The zero-order valence-electron chi connectivity index (χ0n) is 8.00. The molecule has 1 unspecified atom stereocenters. The van der Waals surface area contributed by atoms with Gasteiger partial charge in [0.1, 0.15) is 0 Å². The number of hydrogen-bond acceptors (Lipinski definition) is 2. The molecule has 0 aliphatic heterocycles. The van der Waals surface area contributed by atoms with Crippen molar-refractivity contribution in [3.63, 3.8) is 0 Å². The van der Waals surface area contributed by atoms with Crippen LogP contribution in [0, 0.1) is 12.3 Å². The fraction of sp³-hybridized carbons (Fsp3) is 0.500. The highest BCUT2D eigenvalue weighted by Gasteiger charge is 2.00. The van der Waals surface area contributed by atoms with Gasteiger partial charge in [0.05, 0.1) is 6.04 Å². The van der Waals surface area contributed by atoms with E-state index in [2.05, 4.69) is 11.2 Å². The Balaban J connectivity index is 3.85. The second-order valence-corrected chi connectivity index (χ2v) is 2.73. The summed E-state index contributed by atoms with van der Waals surface area (Å²) in [7, 11) is 0. The van der Waals surface area contributed by atoms with Crippen molar-refractivity contribution in [2.75, 3.05) is 6.54 Å². The topological polar surface area (TPSA) is 49.3 Å². The summed E-state index contributed by atoms with van der Waals surface area (Å²) in [4.78, 5) is 10.4. The van der Waals surface area contributed by atoms with Crippen molar-refractivity contribution in [2.24, 2.45) is 0 Å². The summed E-state index contributed by atoms with van der Waals surface area (Å²) >= 11 is 0. The average Bonchev–Trinajstić information content (AvgIpc) is 2.12. The van der Waals surface area contributed by atoms with Crippen LogP contribution in [0.2, 0.25) is 0 Å². The Morgan fingerprint density at radius 1 is 1.77 bits per heavy atom. The van der Waals surface area contributed by atoms with Crippen molar-refractivity contribution in [3.05, 3.63) is 11.6 Å². The van der Waals surface area contributed by atoms with Crippen LogP contribution in [0.15, 0.2) is 11.6 Å². The molecule has 0 aromatic rings. The number of carbonyl (C=O) groups is 1. The summed E-state index contributed by atoms with van der Waals surface area (Å²) < 4.78 is 0. The van der Waals surface area contributed by atoms with Crippen LogP contribution in [0.3, 0.4) is 0 Å². The molecule has 0 radical (unpaired) electrons.